The lowest BCUT2D eigenvalue weighted by Crippen LogP contribution is -2.50. The zero-order valence-corrected chi connectivity index (χ0v) is 15.8. The van der Waals surface area contributed by atoms with Crippen molar-refractivity contribution in [1.82, 2.24) is 0 Å². The number of esters is 2. The summed E-state index contributed by atoms with van der Waals surface area (Å²) in [4.78, 5) is 25.1. The third-order valence-corrected chi connectivity index (χ3v) is 4.68. The number of benzene rings is 2. The van der Waals surface area contributed by atoms with E-state index in [-0.39, 0.29) is 6.10 Å². The molecule has 146 valence electrons. The van der Waals surface area contributed by atoms with Gasteiger partial charge in [0.1, 0.15) is 6.10 Å². The minimum atomic E-state index is -0.693. The van der Waals surface area contributed by atoms with Crippen LogP contribution in [0.4, 0.5) is 0 Å². The molecule has 2 aromatic rings. The summed E-state index contributed by atoms with van der Waals surface area (Å²) in [6.07, 6.45) is 0.970. The van der Waals surface area contributed by atoms with Crippen LogP contribution in [0, 0.1) is 0 Å². The van der Waals surface area contributed by atoms with Crippen LogP contribution < -0.4 is 0 Å². The average molecular weight is 380 g/mol. The van der Waals surface area contributed by atoms with E-state index in [1.165, 1.54) is 0 Å². The van der Waals surface area contributed by atoms with E-state index in [1.54, 1.807) is 54.6 Å². The molecule has 1 saturated heterocycles. The zero-order valence-electron chi connectivity index (χ0n) is 15.8. The van der Waals surface area contributed by atoms with Crippen LogP contribution in [0.3, 0.4) is 0 Å². The molecule has 2 aromatic carbocycles. The first kappa shape index (κ1) is 19.8. The Labute approximate surface area is 164 Å². The van der Waals surface area contributed by atoms with Crippen molar-refractivity contribution in [2.75, 3.05) is 0 Å². The van der Waals surface area contributed by atoms with E-state index in [2.05, 4.69) is 6.58 Å². The van der Waals surface area contributed by atoms with Crippen molar-refractivity contribution in [3.63, 3.8) is 0 Å². The van der Waals surface area contributed by atoms with E-state index in [1.807, 2.05) is 19.1 Å². The Hall–Kier alpha value is -2.92. The third-order valence-electron chi connectivity index (χ3n) is 4.68. The molecule has 0 radical (unpaired) electrons. The normalized spacial score (nSPS) is 24.2. The molecular formula is C23H24O5. The van der Waals surface area contributed by atoms with Gasteiger partial charge in [-0.15, -0.1) is 6.58 Å². The summed E-state index contributed by atoms with van der Waals surface area (Å²) in [5.41, 5.74) is 0.895. The summed E-state index contributed by atoms with van der Waals surface area (Å²) in [6, 6.07) is 17.5. The Morgan fingerprint density at radius 3 is 2.07 bits per heavy atom. The van der Waals surface area contributed by atoms with Gasteiger partial charge in [0.05, 0.1) is 23.3 Å². The summed E-state index contributed by atoms with van der Waals surface area (Å²) < 4.78 is 17.4. The van der Waals surface area contributed by atoms with Crippen LogP contribution in [0.15, 0.2) is 73.3 Å². The quantitative estimate of drug-likeness (QED) is 0.555. The van der Waals surface area contributed by atoms with Crippen LogP contribution in [0.2, 0.25) is 0 Å². The van der Waals surface area contributed by atoms with E-state index in [9.17, 15) is 9.59 Å². The minimum Gasteiger partial charge on any atom is -0.455 e. The summed E-state index contributed by atoms with van der Waals surface area (Å²) in [6.45, 7) is 5.57. The second kappa shape index (κ2) is 9.33. The van der Waals surface area contributed by atoms with Crippen molar-refractivity contribution >= 4 is 11.9 Å². The fourth-order valence-corrected chi connectivity index (χ4v) is 3.30. The molecule has 0 aliphatic carbocycles. The molecule has 1 fully saturated rings. The Kier molecular flexibility index (Phi) is 6.61. The van der Waals surface area contributed by atoms with Crippen molar-refractivity contribution in [3.05, 3.63) is 84.4 Å². The first-order valence-electron chi connectivity index (χ1n) is 9.37. The molecule has 0 bridgehead atoms. The fraction of sp³-hybridized carbons (Fsp3) is 0.304. The zero-order chi connectivity index (χ0) is 19.9. The maximum absolute atomic E-state index is 12.6. The summed E-state index contributed by atoms with van der Waals surface area (Å²) in [5.74, 6) is -0.915. The van der Waals surface area contributed by atoms with Gasteiger partial charge < -0.3 is 14.2 Å². The van der Waals surface area contributed by atoms with Crippen LogP contribution in [0.1, 0.15) is 40.5 Å². The van der Waals surface area contributed by atoms with Gasteiger partial charge in [0.25, 0.3) is 0 Å². The lowest BCUT2D eigenvalue weighted by atomic mass is 9.96. The maximum atomic E-state index is 12.6. The molecule has 1 aliphatic heterocycles. The molecule has 5 heteroatoms. The lowest BCUT2D eigenvalue weighted by molar-refractivity contribution is -0.164. The standard InChI is InChI=1S/C23H24O5/c1-3-10-19-15-20(27-22(24)17-11-6-4-7-12-17)21(16(2)26-19)28-23(25)18-13-8-5-9-14-18/h3-9,11-14,16,19-21H,1,10,15H2,2H3/t16-,19-,20+,21-/m1/s1. The van der Waals surface area contributed by atoms with Gasteiger partial charge in [-0.25, -0.2) is 9.59 Å². The highest BCUT2D eigenvalue weighted by atomic mass is 16.6. The third kappa shape index (κ3) is 4.87. The van der Waals surface area contributed by atoms with E-state index < -0.39 is 30.3 Å². The molecular weight excluding hydrogens is 356 g/mol. The molecule has 5 nitrogen and oxygen atoms in total. The molecule has 0 saturated carbocycles. The Morgan fingerprint density at radius 2 is 1.54 bits per heavy atom. The summed E-state index contributed by atoms with van der Waals surface area (Å²) in [5, 5.41) is 0. The van der Waals surface area contributed by atoms with E-state index in [4.69, 9.17) is 14.2 Å². The lowest BCUT2D eigenvalue weighted by Gasteiger charge is -2.39. The highest BCUT2D eigenvalue weighted by Crippen LogP contribution is 2.28. The number of rotatable bonds is 6. The maximum Gasteiger partial charge on any atom is 0.338 e. The van der Waals surface area contributed by atoms with Gasteiger partial charge in [-0.3, -0.25) is 0 Å². The summed E-state index contributed by atoms with van der Waals surface area (Å²) >= 11 is 0. The van der Waals surface area contributed by atoms with Crippen molar-refractivity contribution in [3.8, 4) is 0 Å². The second-order valence-corrected chi connectivity index (χ2v) is 6.77. The van der Waals surface area contributed by atoms with Gasteiger partial charge in [0, 0.05) is 6.42 Å². The molecule has 0 amide bonds. The number of ether oxygens (including phenoxy) is 3. The van der Waals surface area contributed by atoms with Crippen molar-refractivity contribution in [2.24, 2.45) is 0 Å². The van der Waals surface area contributed by atoms with Gasteiger partial charge in [0.15, 0.2) is 6.10 Å². The minimum absolute atomic E-state index is 0.146. The highest BCUT2D eigenvalue weighted by molar-refractivity contribution is 5.90. The predicted octanol–water partition coefficient (Wildman–Crippen LogP) is 4.19. The van der Waals surface area contributed by atoms with Crippen molar-refractivity contribution in [2.45, 2.75) is 44.2 Å². The molecule has 28 heavy (non-hydrogen) atoms. The molecule has 0 spiro atoms. The molecule has 0 N–H and O–H groups in total. The van der Waals surface area contributed by atoms with Crippen LogP contribution in [-0.4, -0.2) is 36.4 Å². The van der Waals surface area contributed by atoms with E-state index >= 15 is 0 Å². The van der Waals surface area contributed by atoms with E-state index in [0.717, 1.165) is 0 Å². The van der Waals surface area contributed by atoms with Crippen LogP contribution >= 0.6 is 0 Å². The Bertz CT molecular complexity index is 802. The Balaban J connectivity index is 1.77. The number of carbonyl (C=O) groups excluding carboxylic acids is 2. The number of carbonyl (C=O) groups is 2. The molecule has 0 unspecified atom stereocenters. The predicted molar refractivity (Wildman–Crippen MR) is 105 cm³/mol. The first-order chi connectivity index (χ1) is 13.6. The van der Waals surface area contributed by atoms with Crippen LogP contribution in [0.5, 0.6) is 0 Å². The topological polar surface area (TPSA) is 61.8 Å². The number of hydrogen-bond acceptors (Lipinski definition) is 5. The van der Waals surface area contributed by atoms with Crippen molar-refractivity contribution in [1.29, 1.82) is 0 Å². The molecule has 0 aromatic heterocycles. The smallest absolute Gasteiger partial charge is 0.338 e. The Morgan fingerprint density at radius 1 is 1.00 bits per heavy atom. The van der Waals surface area contributed by atoms with Crippen LogP contribution in [0.25, 0.3) is 0 Å². The SMILES string of the molecule is C=CC[C@@H]1C[C@H](OC(=O)c2ccccc2)[C@H](OC(=O)c2ccccc2)[C@@H](C)O1. The van der Waals surface area contributed by atoms with Gasteiger partial charge in [-0.2, -0.15) is 0 Å². The number of hydrogen-bond donors (Lipinski definition) is 0. The first-order valence-corrected chi connectivity index (χ1v) is 9.37. The second-order valence-electron chi connectivity index (χ2n) is 6.77. The average Bonchev–Trinajstić information content (AvgIpc) is 2.72. The fourth-order valence-electron chi connectivity index (χ4n) is 3.30. The molecule has 4 atom stereocenters. The largest absolute Gasteiger partial charge is 0.455 e. The van der Waals surface area contributed by atoms with Gasteiger partial charge in [0.2, 0.25) is 0 Å². The summed E-state index contributed by atoms with van der Waals surface area (Å²) in [7, 11) is 0. The molecule has 3 rings (SSSR count). The van der Waals surface area contributed by atoms with Crippen LogP contribution in [-0.2, 0) is 14.2 Å². The molecule has 1 aliphatic rings. The van der Waals surface area contributed by atoms with Gasteiger partial charge in [-0.05, 0) is 37.6 Å². The monoisotopic (exact) mass is 380 g/mol. The van der Waals surface area contributed by atoms with Crippen molar-refractivity contribution < 1.29 is 23.8 Å². The molecule has 1 heterocycles. The van der Waals surface area contributed by atoms with Gasteiger partial charge >= 0.3 is 11.9 Å². The van der Waals surface area contributed by atoms with E-state index in [0.29, 0.717) is 24.0 Å². The highest BCUT2D eigenvalue weighted by Gasteiger charge is 2.41. The van der Waals surface area contributed by atoms with Gasteiger partial charge in [-0.1, -0.05) is 42.5 Å².